The molecular weight excluding hydrogens is 343 g/mol. The molecule has 0 spiro atoms. The number of anilines is 1. The summed E-state index contributed by atoms with van der Waals surface area (Å²) in [6.07, 6.45) is 0.196. The predicted molar refractivity (Wildman–Crippen MR) is 106 cm³/mol. The molecule has 0 heterocycles. The zero-order chi connectivity index (χ0) is 20.0. The molecule has 2 aromatic rings. The van der Waals surface area contributed by atoms with Gasteiger partial charge in [-0.25, -0.2) is 4.39 Å². The van der Waals surface area contributed by atoms with Crippen LogP contribution in [-0.4, -0.2) is 18.4 Å². The predicted octanol–water partition coefficient (Wildman–Crippen LogP) is 4.18. The molecule has 0 atom stereocenters. The van der Waals surface area contributed by atoms with Crippen LogP contribution in [0.2, 0.25) is 0 Å². The molecule has 2 aromatic carbocycles. The number of carbonyl (C=O) groups excluding carboxylic acids is 2. The molecule has 0 aliphatic carbocycles. The molecule has 0 aromatic heterocycles. The molecule has 0 saturated heterocycles. The van der Waals surface area contributed by atoms with Gasteiger partial charge >= 0.3 is 0 Å². The molecule has 4 nitrogen and oxygen atoms in total. The molecule has 0 unspecified atom stereocenters. The van der Waals surface area contributed by atoms with Crippen LogP contribution < -0.4 is 10.2 Å². The van der Waals surface area contributed by atoms with Gasteiger partial charge in [-0.2, -0.15) is 0 Å². The van der Waals surface area contributed by atoms with Crippen LogP contribution >= 0.6 is 0 Å². The first kappa shape index (κ1) is 20.6. The minimum atomic E-state index is -0.306. The molecule has 1 N–H and O–H groups in total. The van der Waals surface area contributed by atoms with E-state index in [0.29, 0.717) is 13.1 Å². The fraction of sp³-hybridized carbons (Fsp3) is 0.364. The summed E-state index contributed by atoms with van der Waals surface area (Å²) < 4.78 is 12.9. The average Bonchev–Trinajstić information content (AvgIpc) is 2.61. The van der Waals surface area contributed by atoms with E-state index in [1.165, 1.54) is 24.6 Å². The summed E-state index contributed by atoms with van der Waals surface area (Å²) in [4.78, 5) is 25.7. The standard InChI is InChI=1S/C22H27FN2O2/c1-16(26)25(20-11-7-18(8-12-20)22(2,3)4)14-13-21(27)24-15-17-5-9-19(23)10-6-17/h5-12H,13-15H2,1-4H3,(H,24,27). The molecule has 0 saturated carbocycles. The third kappa shape index (κ3) is 6.20. The van der Waals surface area contributed by atoms with Crippen LogP contribution in [-0.2, 0) is 21.5 Å². The zero-order valence-corrected chi connectivity index (χ0v) is 16.4. The fourth-order valence-corrected chi connectivity index (χ4v) is 2.71. The van der Waals surface area contributed by atoms with Crippen molar-refractivity contribution in [2.24, 2.45) is 0 Å². The maximum absolute atomic E-state index is 12.9. The van der Waals surface area contributed by atoms with Crippen LogP contribution in [0.25, 0.3) is 0 Å². The molecule has 0 fully saturated rings. The van der Waals surface area contributed by atoms with Gasteiger partial charge in [0.1, 0.15) is 5.82 Å². The third-order valence-corrected chi connectivity index (χ3v) is 4.39. The lowest BCUT2D eigenvalue weighted by Gasteiger charge is -2.23. The number of rotatable bonds is 6. The van der Waals surface area contributed by atoms with Gasteiger partial charge in [0.2, 0.25) is 11.8 Å². The molecule has 0 aliphatic heterocycles. The number of nitrogens with one attached hydrogen (secondary N) is 1. The maximum atomic E-state index is 12.9. The van der Waals surface area contributed by atoms with Gasteiger partial charge in [-0.1, -0.05) is 45.0 Å². The normalized spacial score (nSPS) is 11.1. The van der Waals surface area contributed by atoms with Crippen molar-refractivity contribution in [3.63, 3.8) is 0 Å². The monoisotopic (exact) mass is 370 g/mol. The molecule has 27 heavy (non-hydrogen) atoms. The summed E-state index contributed by atoms with van der Waals surface area (Å²) in [5.41, 5.74) is 2.83. The number of benzene rings is 2. The van der Waals surface area contributed by atoms with Gasteiger partial charge in [0.05, 0.1) is 0 Å². The van der Waals surface area contributed by atoms with Gasteiger partial charge in [0.15, 0.2) is 0 Å². The molecule has 2 rings (SSSR count). The number of nitrogens with zero attached hydrogens (tertiary/aromatic N) is 1. The molecule has 144 valence electrons. The first-order valence-corrected chi connectivity index (χ1v) is 9.06. The molecular formula is C22H27FN2O2. The summed E-state index contributed by atoms with van der Waals surface area (Å²) in [5, 5.41) is 2.79. The van der Waals surface area contributed by atoms with Crippen LogP contribution in [0, 0.1) is 5.82 Å². The second-order valence-corrected chi connectivity index (χ2v) is 7.62. The Hall–Kier alpha value is -2.69. The average molecular weight is 370 g/mol. The van der Waals surface area contributed by atoms with E-state index in [9.17, 15) is 14.0 Å². The molecule has 0 aliphatic rings. The Bertz CT molecular complexity index is 777. The second-order valence-electron chi connectivity index (χ2n) is 7.62. The van der Waals surface area contributed by atoms with E-state index >= 15 is 0 Å². The van der Waals surface area contributed by atoms with Crippen molar-refractivity contribution in [2.75, 3.05) is 11.4 Å². The zero-order valence-electron chi connectivity index (χ0n) is 16.4. The Morgan fingerprint density at radius 3 is 2.11 bits per heavy atom. The summed E-state index contributed by atoms with van der Waals surface area (Å²) in [5.74, 6) is -0.568. The largest absolute Gasteiger partial charge is 0.352 e. The highest BCUT2D eigenvalue weighted by atomic mass is 19.1. The number of carbonyl (C=O) groups is 2. The van der Waals surface area contributed by atoms with Crippen molar-refractivity contribution in [1.82, 2.24) is 5.32 Å². The molecule has 2 amide bonds. The quantitative estimate of drug-likeness (QED) is 0.829. The van der Waals surface area contributed by atoms with Gasteiger partial charge in [0.25, 0.3) is 0 Å². The van der Waals surface area contributed by atoms with Gasteiger partial charge in [-0.05, 0) is 40.8 Å². The van der Waals surface area contributed by atoms with E-state index in [0.717, 1.165) is 11.3 Å². The summed E-state index contributed by atoms with van der Waals surface area (Å²) in [6, 6.07) is 13.8. The summed E-state index contributed by atoms with van der Waals surface area (Å²) in [6.45, 7) is 8.54. The van der Waals surface area contributed by atoms with Gasteiger partial charge in [-0.3, -0.25) is 9.59 Å². The van der Waals surface area contributed by atoms with E-state index in [1.54, 1.807) is 17.0 Å². The van der Waals surface area contributed by atoms with Crippen LogP contribution in [0.1, 0.15) is 45.2 Å². The fourth-order valence-electron chi connectivity index (χ4n) is 2.71. The van der Waals surface area contributed by atoms with E-state index in [1.807, 2.05) is 24.3 Å². The molecule has 0 bridgehead atoms. The van der Waals surface area contributed by atoms with Gasteiger partial charge in [0, 0.05) is 32.1 Å². The minimum Gasteiger partial charge on any atom is -0.352 e. The van der Waals surface area contributed by atoms with Crippen molar-refractivity contribution >= 4 is 17.5 Å². The number of halogens is 1. The van der Waals surface area contributed by atoms with Crippen LogP contribution in [0.3, 0.4) is 0 Å². The van der Waals surface area contributed by atoms with Crippen molar-refractivity contribution in [2.45, 2.75) is 46.1 Å². The van der Waals surface area contributed by atoms with Crippen molar-refractivity contribution in [3.8, 4) is 0 Å². The summed E-state index contributed by atoms with van der Waals surface area (Å²) >= 11 is 0. The Balaban J connectivity index is 1.93. The van der Waals surface area contributed by atoms with Crippen LogP contribution in [0.15, 0.2) is 48.5 Å². The van der Waals surface area contributed by atoms with Crippen molar-refractivity contribution in [1.29, 1.82) is 0 Å². The number of hydrogen-bond acceptors (Lipinski definition) is 2. The van der Waals surface area contributed by atoms with E-state index in [2.05, 4.69) is 26.1 Å². The second kappa shape index (κ2) is 8.80. The van der Waals surface area contributed by atoms with Gasteiger partial charge in [-0.15, -0.1) is 0 Å². The first-order valence-electron chi connectivity index (χ1n) is 9.06. The van der Waals surface area contributed by atoms with Crippen molar-refractivity contribution < 1.29 is 14.0 Å². The smallest absolute Gasteiger partial charge is 0.223 e. The summed E-state index contributed by atoms with van der Waals surface area (Å²) in [7, 11) is 0. The number of amides is 2. The lowest BCUT2D eigenvalue weighted by atomic mass is 9.87. The maximum Gasteiger partial charge on any atom is 0.223 e. The first-order chi connectivity index (χ1) is 12.7. The Labute approximate surface area is 160 Å². The highest BCUT2D eigenvalue weighted by Gasteiger charge is 2.16. The Kier molecular flexibility index (Phi) is 6.72. The van der Waals surface area contributed by atoms with Crippen LogP contribution in [0.4, 0.5) is 10.1 Å². The molecule has 5 heteroatoms. The van der Waals surface area contributed by atoms with Gasteiger partial charge < -0.3 is 10.2 Å². The van der Waals surface area contributed by atoms with E-state index in [4.69, 9.17) is 0 Å². The lowest BCUT2D eigenvalue weighted by molar-refractivity contribution is -0.121. The SMILES string of the molecule is CC(=O)N(CCC(=O)NCc1ccc(F)cc1)c1ccc(C(C)(C)C)cc1. The third-order valence-electron chi connectivity index (χ3n) is 4.39. The van der Waals surface area contributed by atoms with Crippen LogP contribution in [0.5, 0.6) is 0 Å². The topological polar surface area (TPSA) is 49.4 Å². The van der Waals surface area contributed by atoms with Crippen molar-refractivity contribution in [3.05, 3.63) is 65.5 Å². The van der Waals surface area contributed by atoms with E-state index < -0.39 is 0 Å². The Morgan fingerprint density at radius 1 is 1.00 bits per heavy atom. The lowest BCUT2D eigenvalue weighted by Crippen LogP contribution is -2.33. The highest BCUT2D eigenvalue weighted by Crippen LogP contribution is 2.25. The minimum absolute atomic E-state index is 0.0415. The molecule has 0 radical (unpaired) electrons. The highest BCUT2D eigenvalue weighted by molar-refractivity contribution is 5.92. The number of hydrogen-bond donors (Lipinski definition) is 1. The van der Waals surface area contributed by atoms with E-state index in [-0.39, 0.29) is 29.5 Å². The Morgan fingerprint density at radius 2 is 1.59 bits per heavy atom.